The molecule has 0 aromatic rings. The Kier molecular flexibility index (Phi) is 3.25. The van der Waals surface area contributed by atoms with Crippen molar-refractivity contribution in [3.63, 3.8) is 0 Å². The fourth-order valence-electron chi connectivity index (χ4n) is 2.40. The molecule has 0 radical (unpaired) electrons. The van der Waals surface area contributed by atoms with Gasteiger partial charge in [-0.05, 0) is 12.8 Å². The number of rotatable bonds is 2. The Morgan fingerprint density at radius 1 is 1.50 bits per heavy atom. The number of carboxylic acid groups (broad SMARTS) is 1. The first-order chi connectivity index (χ1) is 8.42. The van der Waals surface area contributed by atoms with Gasteiger partial charge in [-0.15, -0.1) is 0 Å². The first-order valence-corrected chi connectivity index (χ1v) is 6.00. The Balaban J connectivity index is 1.95. The summed E-state index contributed by atoms with van der Waals surface area (Å²) in [5.41, 5.74) is 4.39. The maximum Gasteiger partial charge on any atom is 0.325 e. The lowest BCUT2D eigenvalue weighted by Crippen LogP contribution is -2.52. The fraction of sp³-hybridized carbons (Fsp3) is 0.727. The van der Waals surface area contributed by atoms with E-state index >= 15 is 0 Å². The molecule has 0 saturated carbocycles. The molecule has 2 heterocycles. The van der Waals surface area contributed by atoms with Gasteiger partial charge in [0.25, 0.3) is 0 Å². The number of amides is 2. The molecule has 7 nitrogen and oxygen atoms in total. The third-order valence-corrected chi connectivity index (χ3v) is 3.65. The lowest BCUT2D eigenvalue weighted by molar-refractivity contribution is -0.143. The van der Waals surface area contributed by atoms with Gasteiger partial charge in [0.05, 0.1) is 5.92 Å². The maximum atomic E-state index is 12.1. The molecule has 7 heteroatoms. The Labute approximate surface area is 104 Å². The number of nitrogens with zero attached hydrogens (tertiary/aromatic N) is 1. The van der Waals surface area contributed by atoms with E-state index in [2.05, 4.69) is 5.32 Å². The van der Waals surface area contributed by atoms with Crippen molar-refractivity contribution >= 4 is 17.8 Å². The first kappa shape index (κ1) is 12.8. The first-order valence-electron chi connectivity index (χ1n) is 6.00. The lowest BCUT2D eigenvalue weighted by atomic mass is 9.97. The number of piperidine rings is 1. The van der Waals surface area contributed by atoms with E-state index in [1.807, 2.05) is 0 Å². The maximum absolute atomic E-state index is 12.1. The Bertz CT molecular complexity index is 388. The van der Waals surface area contributed by atoms with Crippen molar-refractivity contribution in [2.24, 2.45) is 11.7 Å². The second-order valence-electron chi connectivity index (χ2n) is 5.01. The van der Waals surface area contributed by atoms with Crippen molar-refractivity contribution in [2.75, 3.05) is 19.6 Å². The molecule has 2 saturated heterocycles. The summed E-state index contributed by atoms with van der Waals surface area (Å²) >= 11 is 0. The number of nitrogens with one attached hydrogen (secondary N) is 1. The number of nitrogens with two attached hydrogens (primary N) is 1. The van der Waals surface area contributed by atoms with Gasteiger partial charge in [0, 0.05) is 26.1 Å². The number of carboxylic acids is 1. The van der Waals surface area contributed by atoms with Crippen LogP contribution in [0.25, 0.3) is 0 Å². The predicted octanol–water partition coefficient (Wildman–Crippen LogP) is -1.47. The minimum absolute atomic E-state index is 0.0424. The van der Waals surface area contributed by atoms with Gasteiger partial charge in [0.2, 0.25) is 11.8 Å². The van der Waals surface area contributed by atoms with E-state index in [-0.39, 0.29) is 30.7 Å². The summed E-state index contributed by atoms with van der Waals surface area (Å²) in [5.74, 6) is -1.48. The highest BCUT2D eigenvalue weighted by molar-refractivity contribution is 5.86. The quantitative estimate of drug-likeness (QED) is 0.557. The Morgan fingerprint density at radius 2 is 2.22 bits per heavy atom. The number of carbonyl (C=O) groups excluding carboxylic acids is 2. The van der Waals surface area contributed by atoms with Crippen LogP contribution < -0.4 is 11.1 Å². The second-order valence-corrected chi connectivity index (χ2v) is 5.01. The molecule has 0 aromatic heterocycles. The minimum atomic E-state index is -1.33. The smallest absolute Gasteiger partial charge is 0.325 e. The number of hydrogen-bond donors (Lipinski definition) is 3. The Morgan fingerprint density at radius 3 is 2.72 bits per heavy atom. The molecule has 0 bridgehead atoms. The second kappa shape index (κ2) is 4.56. The fourth-order valence-corrected chi connectivity index (χ4v) is 2.40. The SMILES string of the molecule is NC1(C(=O)O)CCN(C(=O)C2CCC(=O)NC2)C1. The summed E-state index contributed by atoms with van der Waals surface area (Å²) in [6.45, 7) is 0.747. The van der Waals surface area contributed by atoms with Gasteiger partial charge in [-0.3, -0.25) is 14.4 Å². The van der Waals surface area contributed by atoms with Gasteiger partial charge in [-0.25, -0.2) is 0 Å². The van der Waals surface area contributed by atoms with Crippen LogP contribution in [0.5, 0.6) is 0 Å². The van der Waals surface area contributed by atoms with Crippen LogP contribution in [0.4, 0.5) is 0 Å². The van der Waals surface area contributed by atoms with Crippen molar-refractivity contribution in [1.82, 2.24) is 10.2 Å². The van der Waals surface area contributed by atoms with E-state index in [4.69, 9.17) is 10.8 Å². The molecule has 100 valence electrons. The highest BCUT2D eigenvalue weighted by atomic mass is 16.4. The number of hydrogen-bond acceptors (Lipinski definition) is 4. The standard InChI is InChI=1S/C11H17N3O4/c12-11(10(17)18)3-4-14(6-11)9(16)7-1-2-8(15)13-5-7/h7H,1-6,12H2,(H,13,15)(H,17,18). The van der Waals surface area contributed by atoms with Gasteiger partial charge in [-0.1, -0.05) is 0 Å². The van der Waals surface area contributed by atoms with E-state index in [9.17, 15) is 14.4 Å². The van der Waals surface area contributed by atoms with E-state index < -0.39 is 11.5 Å². The van der Waals surface area contributed by atoms with Crippen molar-refractivity contribution < 1.29 is 19.5 Å². The topological polar surface area (TPSA) is 113 Å². The molecule has 2 amide bonds. The van der Waals surface area contributed by atoms with E-state index in [1.54, 1.807) is 0 Å². The van der Waals surface area contributed by atoms with Crippen molar-refractivity contribution in [3.8, 4) is 0 Å². The average molecular weight is 255 g/mol. The van der Waals surface area contributed by atoms with Crippen LogP contribution in [0.2, 0.25) is 0 Å². The monoisotopic (exact) mass is 255 g/mol. The van der Waals surface area contributed by atoms with Crippen LogP contribution >= 0.6 is 0 Å². The highest BCUT2D eigenvalue weighted by Gasteiger charge is 2.44. The summed E-state index contributed by atoms with van der Waals surface area (Å²) in [4.78, 5) is 35.6. The number of carbonyl (C=O) groups is 3. The molecule has 0 aliphatic carbocycles. The van der Waals surface area contributed by atoms with Crippen molar-refractivity contribution in [1.29, 1.82) is 0 Å². The van der Waals surface area contributed by atoms with Crippen LogP contribution in [0.3, 0.4) is 0 Å². The molecule has 2 aliphatic heterocycles. The zero-order valence-electron chi connectivity index (χ0n) is 10.0. The normalized spacial score (nSPS) is 32.2. The predicted molar refractivity (Wildman–Crippen MR) is 61.5 cm³/mol. The highest BCUT2D eigenvalue weighted by Crippen LogP contribution is 2.23. The summed E-state index contributed by atoms with van der Waals surface area (Å²) in [5, 5.41) is 11.6. The van der Waals surface area contributed by atoms with Gasteiger partial charge < -0.3 is 21.1 Å². The zero-order chi connectivity index (χ0) is 13.3. The lowest BCUT2D eigenvalue weighted by Gasteiger charge is -2.27. The number of likely N-dealkylation sites (tertiary alicyclic amines) is 1. The summed E-state index contributed by atoms with van der Waals surface area (Å²) in [6, 6.07) is 0. The van der Waals surface area contributed by atoms with Gasteiger partial charge in [0.15, 0.2) is 0 Å². The van der Waals surface area contributed by atoms with Crippen LogP contribution in [-0.2, 0) is 14.4 Å². The van der Waals surface area contributed by atoms with Gasteiger partial charge >= 0.3 is 5.97 Å². The van der Waals surface area contributed by atoms with E-state index in [0.717, 1.165) is 0 Å². The molecule has 0 spiro atoms. The molecule has 2 unspecified atom stereocenters. The molecule has 0 aromatic carbocycles. The van der Waals surface area contributed by atoms with Crippen LogP contribution in [0.1, 0.15) is 19.3 Å². The average Bonchev–Trinajstić information content (AvgIpc) is 2.73. The zero-order valence-corrected chi connectivity index (χ0v) is 10.0. The van der Waals surface area contributed by atoms with E-state index in [0.29, 0.717) is 25.9 Å². The molecule has 2 rings (SSSR count). The molecular formula is C11H17N3O4. The van der Waals surface area contributed by atoms with Crippen molar-refractivity contribution in [3.05, 3.63) is 0 Å². The van der Waals surface area contributed by atoms with E-state index in [1.165, 1.54) is 4.90 Å². The van der Waals surface area contributed by atoms with Gasteiger partial charge in [0.1, 0.15) is 5.54 Å². The molecule has 4 N–H and O–H groups in total. The molecule has 2 atom stereocenters. The summed E-state index contributed by atoms with van der Waals surface area (Å²) in [7, 11) is 0. The van der Waals surface area contributed by atoms with Gasteiger partial charge in [-0.2, -0.15) is 0 Å². The Hall–Kier alpha value is -1.63. The minimum Gasteiger partial charge on any atom is -0.480 e. The molecular weight excluding hydrogens is 238 g/mol. The molecule has 18 heavy (non-hydrogen) atoms. The third-order valence-electron chi connectivity index (χ3n) is 3.65. The van der Waals surface area contributed by atoms with Crippen molar-refractivity contribution in [2.45, 2.75) is 24.8 Å². The largest absolute Gasteiger partial charge is 0.480 e. The van der Waals surface area contributed by atoms with Crippen LogP contribution in [0, 0.1) is 5.92 Å². The van der Waals surface area contributed by atoms with Crippen LogP contribution in [0.15, 0.2) is 0 Å². The summed E-state index contributed by atoms with van der Waals surface area (Å²) < 4.78 is 0. The van der Waals surface area contributed by atoms with Crippen LogP contribution in [-0.4, -0.2) is 53.0 Å². The molecule has 2 aliphatic rings. The third kappa shape index (κ3) is 2.31. The number of aliphatic carboxylic acids is 1. The molecule has 2 fully saturated rings. The summed E-state index contributed by atoms with van der Waals surface area (Å²) in [6.07, 6.45) is 1.13.